The fraction of sp³-hybridized carbons (Fsp3) is 0.429. The minimum atomic E-state index is -0.265. The van der Waals surface area contributed by atoms with Crippen LogP contribution >= 0.6 is 0 Å². The van der Waals surface area contributed by atoms with Crippen molar-refractivity contribution < 1.29 is 9.32 Å². The first-order valence-electron chi connectivity index (χ1n) is 6.58. The molecule has 7 nitrogen and oxygen atoms in total. The summed E-state index contributed by atoms with van der Waals surface area (Å²) in [5.41, 5.74) is 3.06. The third-order valence-corrected chi connectivity index (χ3v) is 3.16. The maximum absolute atomic E-state index is 12.4. The summed E-state index contributed by atoms with van der Waals surface area (Å²) in [6, 6.07) is 0. The number of carbonyl (C=O) groups is 1. The van der Waals surface area contributed by atoms with Crippen LogP contribution in [-0.4, -0.2) is 35.1 Å². The van der Waals surface area contributed by atoms with Crippen LogP contribution in [0.2, 0.25) is 0 Å². The quantitative estimate of drug-likeness (QED) is 0.930. The fourth-order valence-corrected chi connectivity index (χ4v) is 2.06. The zero-order valence-electron chi connectivity index (χ0n) is 13.1. The molecule has 2 aromatic heterocycles. The standard InChI is InChI=1S/C14H19N5O2/c1-7-11(10(4)21-18-7)13(20)17-12-8(2)15-14(19(5)6)16-9(12)3/h1-6H3,(H,17,20). The van der Waals surface area contributed by atoms with Crippen LogP contribution in [0.1, 0.15) is 33.2 Å². The Kier molecular flexibility index (Phi) is 3.93. The lowest BCUT2D eigenvalue weighted by molar-refractivity contribution is 0.102. The Hall–Kier alpha value is -2.44. The van der Waals surface area contributed by atoms with Crippen LogP contribution in [0, 0.1) is 27.7 Å². The summed E-state index contributed by atoms with van der Waals surface area (Å²) in [5, 5.41) is 6.63. The molecule has 0 atom stereocenters. The number of hydrogen-bond acceptors (Lipinski definition) is 6. The maximum Gasteiger partial charge on any atom is 0.261 e. The Morgan fingerprint density at radius 1 is 1.05 bits per heavy atom. The van der Waals surface area contributed by atoms with Gasteiger partial charge in [-0.15, -0.1) is 0 Å². The van der Waals surface area contributed by atoms with E-state index in [4.69, 9.17) is 4.52 Å². The van der Waals surface area contributed by atoms with E-state index in [2.05, 4.69) is 20.4 Å². The minimum absolute atomic E-state index is 0.265. The number of carbonyl (C=O) groups excluding carboxylic acids is 1. The number of hydrogen-bond donors (Lipinski definition) is 1. The van der Waals surface area contributed by atoms with Crippen LogP contribution in [-0.2, 0) is 0 Å². The van der Waals surface area contributed by atoms with Crippen LogP contribution in [0.15, 0.2) is 4.52 Å². The van der Waals surface area contributed by atoms with Crippen molar-refractivity contribution in [1.82, 2.24) is 15.1 Å². The molecule has 0 aromatic carbocycles. The van der Waals surface area contributed by atoms with Crippen molar-refractivity contribution in [2.75, 3.05) is 24.3 Å². The summed E-state index contributed by atoms with van der Waals surface area (Å²) in [4.78, 5) is 22.9. The zero-order chi connectivity index (χ0) is 15.7. The van der Waals surface area contributed by atoms with E-state index in [1.165, 1.54) is 0 Å². The normalized spacial score (nSPS) is 10.6. The molecular weight excluding hydrogens is 270 g/mol. The molecule has 0 aliphatic carbocycles. The Bertz CT molecular complexity index is 648. The van der Waals surface area contributed by atoms with E-state index in [-0.39, 0.29) is 5.91 Å². The zero-order valence-corrected chi connectivity index (χ0v) is 13.1. The van der Waals surface area contributed by atoms with Crippen LogP contribution in [0.3, 0.4) is 0 Å². The van der Waals surface area contributed by atoms with Gasteiger partial charge in [0.05, 0.1) is 22.8 Å². The first-order valence-corrected chi connectivity index (χ1v) is 6.58. The highest BCUT2D eigenvalue weighted by atomic mass is 16.5. The molecule has 0 saturated heterocycles. The van der Waals surface area contributed by atoms with Gasteiger partial charge in [-0.2, -0.15) is 0 Å². The second-order valence-electron chi connectivity index (χ2n) is 5.12. The summed E-state index contributed by atoms with van der Waals surface area (Å²) in [6.07, 6.45) is 0. The van der Waals surface area contributed by atoms with Crippen molar-refractivity contribution in [1.29, 1.82) is 0 Å². The van der Waals surface area contributed by atoms with E-state index in [1.807, 2.05) is 32.8 Å². The third-order valence-electron chi connectivity index (χ3n) is 3.16. The molecule has 0 bridgehead atoms. The van der Waals surface area contributed by atoms with Crippen LogP contribution in [0.4, 0.5) is 11.6 Å². The summed E-state index contributed by atoms with van der Waals surface area (Å²) < 4.78 is 5.02. The lowest BCUT2D eigenvalue weighted by atomic mass is 10.2. The number of aryl methyl sites for hydroxylation is 4. The highest BCUT2D eigenvalue weighted by Crippen LogP contribution is 2.21. The van der Waals surface area contributed by atoms with Crippen molar-refractivity contribution >= 4 is 17.5 Å². The van der Waals surface area contributed by atoms with Gasteiger partial charge in [-0.3, -0.25) is 4.79 Å². The number of rotatable bonds is 3. The van der Waals surface area contributed by atoms with Crippen molar-refractivity contribution in [2.45, 2.75) is 27.7 Å². The monoisotopic (exact) mass is 289 g/mol. The van der Waals surface area contributed by atoms with E-state index < -0.39 is 0 Å². The Balaban J connectivity index is 2.34. The smallest absolute Gasteiger partial charge is 0.261 e. The second kappa shape index (κ2) is 5.51. The van der Waals surface area contributed by atoms with Crippen molar-refractivity contribution in [3.63, 3.8) is 0 Å². The summed E-state index contributed by atoms with van der Waals surface area (Å²) in [7, 11) is 3.74. The third kappa shape index (κ3) is 2.86. The number of aromatic nitrogens is 3. The second-order valence-corrected chi connectivity index (χ2v) is 5.12. The topological polar surface area (TPSA) is 84.2 Å². The average Bonchev–Trinajstić information content (AvgIpc) is 2.73. The highest BCUT2D eigenvalue weighted by molar-refractivity contribution is 6.06. The molecule has 1 N–H and O–H groups in total. The average molecular weight is 289 g/mol. The summed E-state index contributed by atoms with van der Waals surface area (Å²) in [6.45, 7) is 7.12. The molecule has 0 spiro atoms. The largest absolute Gasteiger partial charge is 0.361 e. The van der Waals surface area contributed by atoms with Gasteiger partial charge in [-0.25, -0.2) is 9.97 Å². The molecule has 21 heavy (non-hydrogen) atoms. The van der Waals surface area contributed by atoms with E-state index in [1.54, 1.807) is 13.8 Å². The predicted octanol–water partition coefficient (Wildman–Crippen LogP) is 2.02. The molecule has 0 aliphatic heterocycles. The molecule has 7 heteroatoms. The SMILES string of the molecule is Cc1nc(N(C)C)nc(C)c1NC(=O)c1c(C)noc1C. The van der Waals surface area contributed by atoms with Crippen LogP contribution in [0.5, 0.6) is 0 Å². The molecule has 1 amide bonds. The Morgan fingerprint density at radius 3 is 2.05 bits per heavy atom. The predicted molar refractivity (Wildman–Crippen MR) is 79.8 cm³/mol. The molecule has 112 valence electrons. The molecule has 2 rings (SSSR count). The van der Waals surface area contributed by atoms with E-state index in [9.17, 15) is 4.79 Å². The molecular formula is C14H19N5O2. The molecule has 0 unspecified atom stereocenters. The van der Waals surface area contributed by atoms with Gasteiger partial charge in [0.25, 0.3) is 5.91 Å². The summed E-state index contributed by atoms with van der Waals surface area (Å²) in [5.74, 6) is 0.838. The van der Waals surface area contributed by atoms with Gasteiger partial charge in [0.2, 0.25) is 5.95 Å². The Labute approximate surface area is 123 Å². The molecule has 0 aliphatic rings. The molecule has 0 saturated carbocycles. The van der Waals surface area contributed by atoms with Crippen molar-refractivity contribution in [3.8, 4) is 0 Å². The minimum Gasteiger partial charge on any atom is -0.361 e. The number of anilines is 2. The van der Waals surface area contributed by atoms with Gasteiger partial charge < -0.3 is 14.7 Å². The summed E-state index contributed by atoms with van der Waals surface area (Å²) >= 11 is 0. The van der Waals surface area contributed by atoms with Crippen LogP contribution < -0.4 is 10.2 Å². The van der Waals surface area contributed by atoms with Gasteiger partial charge in [-0.05, 0) is 27.7 Å². The van der Waals surface area contributed by atoms with Gasteiger partial charge in [0.15, 0.2) is 0 Å². The Morgan fingerprint density at radius 2 is 1.62 bits per heavy atom. The van der Waals surface area contributed by atoms with Gasteiger partial charge in [0.1, 0.15) is 11.3 Å². The molecule has 0 radical (unpaired) electrons. The van der Waals surface area contributed by atoms with Gasteiger partial charge >= 0.3 is 0 Å². The maximum atomic E-state index is 12.4. The molecule has 0 fully saturated rings. The van der Waals surface area contributed by atoms with E-state index in [0.717, 1.165) is 0 Å². The first kappa shape index (κ1) is 15.0. The number of amides is 1. The highest BCUT2D eigenvalue weighted by Gasteiger charge is 2.20. The lowest BCUT2D eigenvalue weighted by Gasteiger charge is -2.15. The number of nitrogens with one attached hydrogen (secondary N) is 1. The van der Waals surface area contributed by atoms with Gasteiger partial charge in [0, 0.05) is 14.1 Å². The van der Waals surface area contributed by atoms with Gasteiger partial charge in [-0.1, -0.05) is 5.16 Å². The van der Waals surface area contributed by atoms with Crippen molar-refractivity contribution in [3.05, 3.63) is 28.4 Å². The molecule has 2 aromatic rings. The molecule has 2 heterocycles. The van der Waals surface area contributed by atoms with E-state index >= 15 is 0 Å². The lowest BCUT2D eigenvalue weighted by Crippen LogP contribution is -2.19. The van der Waals surface area contributed by atoms with Crippen LogP contribution in [0.25, 0.3) is 0 Å². The first-order chi connectivity index (χ1) is 9.81. The van der Waals surface area contributed by atoms with Crippen molar-refractivity contribution in [2.24, 2.45) is 0 Å². The number of nitrogens with zero attached hydrogens (tertiary/aromatic N) is 4. The fourth-order valence-electron chi connectivity index (χ4n) is 2.06. The van der Waals surface area contributed by atoms with E-state index in [0.29, 0.717) is 40.0 Å².